The minimum absolute atomic E-state index is 0.607. The number of methoxy groups -OCH3 is 1. The second kappa shape index (κ2) is 4.88. The predicted octanol–water partition coefficient (Wildman–Crippen LogP) is 2.41. The summed E-state index contributed by atoms with van der Waals surface area (Å²) >= 11 is 0. The third-order valence-corrected chi connectivity index (χ3v) is 3.84. The lowest BCUT2D eigenvalue weighted by Gasteiger charge is -2.29. The molecule has 0 spiro atoms. The molecule has 2 atom stereocenters. The molecule has 0 fully saturated rings. The molecule has 1 aromatic rings. The molecular weight excluding hydrogens is 198 g/mol. The van der Waals surface area contributed by atoms with Crippen LogP contribution in [0.2, 0.25) is 0 Å². The van der Waals surface area contributed by atoms with Gasteiger partial charge >= 0.3 is 0 Å². The number of rotatable bonds is 3. The molecular formula is C14H21NO. The number of nitrogens with one attached hydrogen (secondary N) is 1. The minimum Gasteiger partial charge on any atom is -0.497 e. The molecule has 0 aliphatic heterocycles. The topological polar surface area (TPSA) is 21.3 Å². The van der Waals surface area contributed by atoms with Crippen molar-refractivity contribution in [3.63, 3.8) is 0 Å². The van der Waals surface area contributed by atoms with Gasteiger partial charge in [0.15, 0.2) is 0 Å². The van der Waals surface area contributed by atoms with Crippen LogP contribution in [0.15, 0.2) is 18.2 Å². The van der Waals surface area contributed by atoms with Gasteiger partial charge in [-0.3, -0.25) is 0 Å². The quantitative estimate of drug-likeness (QED) is 0.843. The van der Waals surface area contributed by atoms with E-state index in [1.165, 1.54) is 30.4 Å². The van der Waals surface area contributed by atoms with E-state index in [0.29, 0.717) is 6.04 Å². The van der Waals surface area contributed by atoms with Crippen LogP contribution in [0.5, 0.6) is 5.75 Å². The molecule has 0 heterocycles. The van der Waals surface area contributed by atoms with Gasteiger partial charge in [0.25, 0.3) is 0 Å². The maximum atomic E-state index is 5.26. The molecule has 2 nitrogen and oxygen atoms in total. The van der Waals surface area contributed by atoms with E-state index in [-0.39, 0.29) is 0 Å². The van der Waals surface area contributed by atoms with Crippen LogP contribution in [-0.4, -0.2) is 20.2 Å². The molecule has 1 aliphatic rings. The lowest BCUT2D eigenvalue weighted by atomic mass is 9.80. The molecule has 2 unspecified atom stereocenters. The molecule has 1 N–H and O–H groups in total. The van der Waals surface area contributed by atoms with Crippen molar-refractivity contribution in [2.24, 2.45) is 5.92 Å². The van der Waals surface area contributed by atoms with Crippen LogP contribution in [0, 0.1) is 5.92 Å². The van der Waals surface area contributed by atoms with E-state index in [4.69, 9.17) is 4.74 Å². The Balaban J connectivity index is 2.15. The van der Waals surface area contributed by atoms with Crippen LogP contribution >= 0.6 is 0 Å². The third-order valence-electron chi connectivity index (χ3n) is 3.84. The molecule has 0 aromatic heterocycles. The largest absolute Gasteiger partial charge is 0.497 e. The zero-order valence-electron chi connectivity index (χ0n) is 10.4. The minimum atomic E-state index is 0.607. The lowest BCUT2D eigenvalue weighted by molar-refractivity contribution is 0.353. The van der Waals surface area contributed by atoms with Crippen molar-refractivity contribution in [3.8, 4) is 5.75 Å². The first-order chi connectivity index (χ1) is 7.74. The van der Waals surface area contributed by atoms with Crippen LogP contribution in [0.4, 0.5) is 0 Å². The number of hydrogen-bond acceptors (Lipinski definition) is 2. The highest BCUT2D eigenvalue weighted by molar-refractivity contribution is 5.37. The average molecular weight is 219 g/mol. The summed E-state index contributed by atoms with van der Waals surface area (Å²) in [7, 11) is 3.78. The van der Waals surface area contributed by atoms with Gasteiger partial charge in [0.2, 0.25) is 0 Å². The summed E-state index contributed by atoms with van der Waals surface area (Å²) in [5.74, 6) is 1.75. The summed E-state index contributed by atoms with van der Waals surface area (Å²) in [6, 6.07) is 7.10. The molecule has 88 valence electrons. The van der Waals surface area contributed by atoms with Crippen LogP contribution in [-0.2, 0) is 12.8 Å². The highest BCUT2D eigenvalue weighted by Crippen LogP contribution is 2.29. The van der Waals surface area contributed by atoms with Gasteiger partial charge in [0, 0.05) is 6.04 Å². The van der Waals surface area contributed by atoms with E-state index in [1.807, 2.05) is 7.05 Å². The zero-order chi connectivity index (χ0) is 11.5. The SMILES string of the molecule is CNC(C)C1CCc2cc(OC)ccc2C1. The van der Waals surface area contributed by atoms with Gasteiger partial charge in [-0.1, -0.05) is 6.07 Å². The Bertz CT molecular complexity index is 362. The van der Waals surface area contributed by atoms with Crippen molar-refractivity contribution in [1.82, 2.24) is 5.32 Å². The van der Waals surface area contributed by atoms with Crippen LogP contribution < -0.4 is 10.1 Å². The first-order valence-electron chi connectivity index (χ1n) is 6.07. The van der Waals surface area contributed by atoms with E-state index >= 15 is 0 Å². The van der Waals surface area contributed by atoms with E-state index in [1.54, 1.807) is 7.11 Å². The van der Waals surface area contributed by atoms with Gasteiger partial charge in [-0.2, -0.15) is 0 Å². The fraction of sp³-hybridized carbons (Fsp3) is 0.571. The van der Waals surface area contributed by atoms with Gasteiger partial charge in [-0.25, -0.2) is 0 Å². The Kier molecular flexibility index (Phi) is 3.49. The van der Waals surface area contributed by atoms with Crippen molar-refractivity contribution in [1.29, 1.82) is 0 Å². The number of fused-ring (bicyclic) bond motifs is 1. The number of benzene rings is 1. The van der Waals surface area contributed by atoms with Crippen molar-refractivity contribution in [3.05, 3.63) is 29.3 Å². The molecule has 1 aromatic carbocycles. The van der Waals surface area contributed by atoms with E-state index in [2.05, 4.69) is 30.4 Å². The fourth-order valence-corrected chi connectivity index (χ4v) is 2.55. The molecule has 2 heteroatoms. The summed E-state index contributed by atoms with van der Waals surface area (Å²) in [4.78, 5) is 0. The predicted molar refractivity (Wildman–Crippen MR) is 67.0 cm³/mol. The summed E-state index contributed by atoms with van der Waals surface area (Å²) in [6.07, 6.45) is 3.66. The lowest BCUT2D eigenvalue weighted by Crippen LogP contribution is -2.34. The molecule has 2 rings (SSSR count). The summed E-state index contributed by atoms with van der Waals surface area (Å²) in [6.45, 7) is 2.28. The zero-order valence-corrected chi connectivity index (χ0v) is 10.4. The Morgan fingerprint density at radius 1 is 1.38 bits per heavy atom. The van der Waals surface area contributed by atoms with Gasteiger partial charge in [0.05, 0.1) is 7.11 Å². The first kappa shape index (κ1) is 11.5. The van der Waals surface area contributed by atoms with Crippen molar-refractivity contribution < 1.29 is 4.74 Å². The first-order valence-corrected chi connectivity index (χ1v) is 6.07. The van der Waals surface area contributed by atoms with Crippen LogP contribution in [0.1, 0.15) is 24.5 Å². The molecule has 0 bridgehead atoms. The average Bonchev–Trinajstić information content (AvgIpc) is 2.36. The normalized spacial score (nSPS) is 21.3. The van der Waals surface area contributed by atoms with Gasteiger partial charge < -0.3 is 10.1 Å². The Labute approximate surface area is 98.0 Å². The maximum absolute atomic E-state index is 5.26. The summed E-state index contributed by atoms with van der Waals surface area (Å²) in [5.41, 5.74) is 2.97. The third kappa shape index (κ3) is 2.22. The van der Waals surface area contributed by atoms with Crippen LogP contribution in [0.25, 0.3) is 0 Å². The smallest absolute Gasteiger partial charge is 0.119 e. The summed E-state index contributed by atoms with van der Waals surface area (Å²) < 4.78 is 5.26. The van der Waals surface area contributed by atoms with Crippen molar-refractivity contribution in [2.75, 3.05) is 14.2 Å². The number of hydrogen-bond donors (Lipinski definition) is 1. The van der Waals surface area contributed by atoms with Gasteiger partial charge in [-0.05, 0) is 62.4 Å². The Morgan fingerprint density at radius 2 is 2.19 bits per heavy atom. The monoisotopic (exact) mass is 219 g/mol. The highest BCUT2D eigenvalue weighted by atomic mass is 16.5. The Hall–Kier alpha value is -1.02. The molecule has 16 heavy (non-hydrogen) atoms. The molecule has 0 amide bonds. The Morgan fingerprint density at radius 3 is 2.88 bits per heavy atom. The molecule has 1 aliphatic carbocycles. The highest BCUT2D eigenvalue weighted by Gasteiger charge is 2.22. The summed E-state index contributed by atoms with van der Waals surface area (Å²) in [5, 5.41) is 3.36. The van der Waals surface area contributed by atoms with Crippen LogP contribution in [0.3, 0.4) is 0 Å². The van der Waals surface area contributed by atoms with E-state index < -0.39 is 0 Å². The van der Waals surface area contributed by atoms with Crippen molar-refractivity contribution >= 4 is 0 Å². The molecule has 0 saturated carbocycles. The van der Waals surface area contributed by atoms with E-state index in [9.17, 15) is 0 Å². The maximum Gasteiger partial charge on any atom is 0.119 e. The number of ether oxygens (including phenoxy) is 1. The standard InChI is InChI=1S/C14H21NO/c1-10(15-2)11-4-5-13-9-14(16-3)7-6-12(13)8-11/h6-7,9-11,15H,4-5,8H2,1-3H3. The second-order valence-corrected chi connectivity index (χ2v) is 4.71. The number of aryl methyl sites for hydroxylation is 1. The van der Waals surface area contributed by atoms with E-state index in [0.717, 1.165) is 11.7 Å². The van der Waals surface area contributed by atoms with Gasteiger partial charge in [-0.15, -0.1) is 0 Å². The van der Waals surface area contributed by atoms with Crippen molar-refractivity contribution in [2.45, 2.75) is 32.2 Å². The fourth-order valence-electron chi connectivity index (χ4n) is 2.55. The van der Waals surface area contributed by atoms with Gasteiger partial charge in [0.1, 0.15) is 5.75 Å². The molecule has 0 saturated heterocycles. The second-order valence-electron chi connectivity index (χ2n) is 4.71. The molecule has 0 radical (unpaired) electrons.